The molecule has 1 aliphatic rings. The Hall–Kier alpha value is -2.18. The minimum atomic E-state index is -1.10. The van der Waals surface area contributed by atoms with E-state index in [-0.39, 0.29) is 24.5 Å². The van der Waals surface area contributed by atoms with Crippen LogP contribution in [0, 0.1) is 0 Å². The first-order chi connectivity index (χ1) is 13.3. The van der Waals surface area contributed by atoms with Crippen LogP contribution < -0.4 is 0 Å². The molecular formula is C21H32O7. The maximum Gasteiger partial charge on any atom is 0.334 e. The molecule has 158 valence electrons. The molecule has 1 rings (SSSR count). The third-order valence-electron chi connectivity index (χ3n) is 4.70. The number of aliphatic carboxylic acids is 1. The summed E-state index contributed by atoms with van der Waals surface area (Å²) in [6.45, 7) is 3.34. The summed E-state index contributed by atoms with van der Waals surface area (Å²) in [7, 11) is 0. The van der Waals surface area contributed by atoms with Crippen molar-refractivity contribution in [2.45, 2.75) is 96.7 Å². The molecule has 7 nitrogen and oxygen atoms in total. The van der Waals surface area contributed by atoms with Crippen LogP contribution in [0.4, 0.5) is 0 Å². The second kappa shape index (κ2) is 13.1. The van der Waals surface area contributed by atoms with Crippen molar-refractivity contribution >= 4 is 23.7 Å². The summed E-state index contributed by atoms with van der Waals surface area (Å²) in [6.07, 6.45) is 7.46. The summed E-state index contributed by atoms with van der Waals surface area (Å²) in [5.74, 6) is -2.85. The minimum absolute atomic E-state index is 0.163. The SMILES string of the molecule is CC1=CC(=O)C(OC(=O)CCC(=O)O)CCCCCCCCCC(C)OC1=O. The fraction of sp³-hybridized carbons (Fsp3) is 0.714. The fourth-order valence-corrected chi connectivity index (χ4v) is 3.03. The summed E-state index contributed by atoms with van der Waals surface area (Å²) in [5.41, 5.74) is 0.163. The van der Waals surface area contributed by atoms with Crippen molar-refractivity contribution in [3.05, 3.63) is 11.6 Å². The van der Waals surface area contributed by atoms with Gasteiger partial charge in [-0.3, -0.25) is 14.4 Å². The highest BCUT2D eigenvalue weighted by Gasteiger charge is 2.23. The fourth-order valence-electron chi connectivity index (χ4n) is 3.03. The number of hydrogen-bond acceptors (Lipinski definition) is 6. The van der Waals surface area contributed by atoms with E-state index in [1.165, 1.54) is 6.92 Å². The number of rotatable bonds is 4. The Morgan fingerprint density at radius 2 is 1.61 bits per heavy atom. The number of ketones is 1. The maximum absolute atomic E-state index is 12.5. The van der Waals surface area contributed by atoms with Crippen molar-refractivity contribution < 1.29 is 33.8 Å². The Labute approximate surface area is 166 Å². The number of hydrogen-bond donors (Lipinski definition) is 1. The maximum atomic E-state index is 12.5. The summed E-state index contributed by atoms with van der Waals surface area (Å²) in [4.78, 5) is 47.2. The average molecular weight is 396 g/mol. The van der Waals surface area contributed by atoms with Gasteiger partial charge in [0.25, 0.3) is 0 Å². The second-order valence-electron chi connectivity index (χ2n) is 7.37. The van der Waals surface area contributed by atoms with Crippen LogP contribution in [0.1, 0.15) is 84.5 Å². The second-order valence-corrected chi connectivity index (χ2v) is 7.37. The van der Waals surface area contributed by atoms with Gasteiger partial charge in [-0.05, 0) is 45.6 Å². The van der Waals surface area contributed by atoms with Gasteiger partial charge in [0.05, 0.1) is 18.9 Å². The van der Waals surface area contributed by atoms with Crippen LogP contribution in [-0.2, 0) is 28.7 Å². The highest BCUT2D eigenvalue weighted by Crippen LogP contribution is 2.16. The van der Waals surface area contributed by atoms with Gasteiger partial charge in [0.1, 0.15) is 0 Å². The van der Waals surface area contributed by atoms with Crippen molar-refractivity contribution in [3.8, 4) is 0 Å². The van der Waals surface area contributed by atoms with E-state index in [1.807, 2.05) is 6.92 Å². The number of carboxylic acids is 1. The smallest absolute Gasteiger partial charge is 0.334 e. The lowest BCUT2D eigenvalue weighted by Crippen LogP contribution is -2.27. The Balaban J connectivity index is 2.82. The van der Waals surface area contributed by atoms with E-state index in [4.69, 9.17) is 14.6 Å². The number of esters is 2. The minimum Gasteiger partial charge on any atom is -0.481 e. The molecule has 1 N–H and O–H groups in total. The molecule has 28 heavy (non-hydrogen) atoms. The van der Waals surface area contributed by atoms with Gasteiger partial charge in [0, 0.05) is 5.57 Å². The molecule has 0 saturated heterocycles. The normalized spacial score (nSPS) is 23.4. The molecule has 0 spiro atoms. The summed E-state index contributed by atoms with van der Waals surface area (Å²) < 4.78 is 10.6. The van der Waals surface area contributed by atoms with Gasteiger partial charge >= 0.3 is 17.9 Å². The highest BCUT2D eigenvalue weighted by molar-refractivity contribution is 6.01. The van der Waals surface area contributed by atoms with E-state index in [1.54, 1.807) is 0 Å². The van der Waals surface area contributed by atoms with E-state index < -0.39 is 29.8 Å². The Kier molecular flexibility index (Phi) is 11.1. The average Bonchev–Trinajstić information content (AvgIpc) is 2.62. The van der Waals surface area contributed by atoms with Crippen molar-refractivity contribution in [2.24, 2.45) is 0 Å². The van der Waals surface area contributed by atoms with Crippen molar-refractivity contribution in [1.82, 2.24) is 0 Å². The Bertz CT molecular complexity index is 579. The van der Waals surface area contributed by atoms with Gasteiger partial charge in [-0.25, -0.2) is 4.79 Å². The molecule has 1 heterocycles. The molecule has 2 atom stereocenters. The molecule has 0 aromatic carbocycles. The third-order valence-corrected chi connectivity index (χ3v) is 4.70. The first-order valence-corrected chi connectivity index (χ1v) is 10.1. The number of cyclic esters (lactones) is 1. The molecule has 0 amide bonds. The van der Waals surface area contributed by atoms with Gasteiger partial charge in [-0.2, -0.15) is 0 Å². The molecule has 0 radical (unpaired) electrons. The van der Waals surface area contributed by atoms with Gasteiger partial charge in [-0.15, -0.1) is 0 Å². The Morgan fingerprint density at radius 1 is 1.04 bits per heavy atom. The van der Waals surface area contributed by atoms with Gasteiger partial charge < -0.3 is 14.6 Å². The lowest BCUT2D eigenvalue weighted by molar-refractivity contribution is -0.155. The third kappa shape index (κ3) is 10.2. The van der Waals surface area contributed by atoms with Crippen LogP contribution in [0.15, 0.2) is 11.6 Å². The largest absolute Gasteiger partial charge is 0.481 e. The predicted molar refractivity (Wildman–Crippen MR) is 103 cm³/mol. The predicted octanol–water partition coefficient (Wildman–Crippen LogP) is 3.73. The summed E-state index contributed by atoms with van der Waals surface area (Å²) in [5, 5.41) is 8.67. The molecule has 1 aliphatic heterocycles. The summed E-state index contributed by atoms with van der Waals surface area (Å²) >= 11 is 0. The molecule has 0 aliphatic carbocycles. The van der Waals surface area contributed by atoms with Crippen LogP contribution >= 0.6 is 0 Å². The van der Waals surface area contributed by atoms with Gasteiger partial charge in [-0.1, -0.05) is 32.1 Å². The molecule has 0 saturated carbocycles. The Morgan fingerprint density at radius 3 is 2.21 bits per heavy atom. The lowest BCUT2D eigenvalue weighted by atomic mass is 10.0. The first-order valence-electron chi connectivity index (χ1n) is 10.1. The lowest BCUT2D eigenvalue weighted by Gasteiger charge is -2.17. The van der Waals surface area contributed by atoms with Gasteiger partial charge in [0.15, 0.2) is 11.9 Å². The van der Waals surface area contributed by atoms with E-state index in [0.717, 1.165) is 57.4 Å². The number of carbonyl (C=O) groups excluding carboxylic acids is 3. The zero-order valence-corrected chi connectivity index (χ0v) is 16.9. The van der Waals surface area contributed by atoms with Crippen molar-refractivity contribution in [3.63, 3.8) is 0 Å². The molecule has 7 heteroatoms. The monoisotopic (exact) mass is 396 g/mol. The van der Waals surface area contributed by atoms with Crippen LogP contribution in [-0.4, -0.2) is 41.0 Å². The number of carboxylic acid groups (broad SMARTS) is 1. The van der Waals surface area contributed by atoms with Crippen molar-refractivity contribution in [1.29, 1.82) is 0 Å². The van der Waals surface area contributed by atoms with Gasteiger partial charge in [0.2, 0.25) is 0 Å². The van der Waals surface area contributed by atoms with Crippen molar-refractivity contribution in [2.75, 3.05) is 0 Å². The van der Waals surface area contributed by atoms with Crippen LogP contribution in [0.25, 0.3) is 0 Å². The van der Waals surface area contributed by atoms with E-state index >= 15 is 0 Å². The number of ether oxygens (including phenoxy) is 2. The zero-order chi connectivity index (χ0) is 20.9. The summed E-state index contributed by atoms with van der Waals surface area (Å²) in [6, 6.07) is 0. The molecule has 0 aromatic heterocycles. The van der Waals surface area contributed by atoms with E-state index in [0.29, 0.717) is 6.42 Å². The molecule has 0 aromatic rings. The van der Waals surface area contributed by atoms with Crippen LogP contribution in [0.3, 0.4) is 0 Å². The highest BCUT2D eigenvalue weighted by atomic mass is 16.5. The molecular weight excluding hydrogens is 364 g/mol. The molecule has 0 bridgehead atoms. The first kappa shape index (κ1) is 23.9. The quantitative estimate of drug-likeness (QED) is 0.721. The standard InChI is InChI=1S/C21H32O7/c1-15-14-17(22)18(28-20(25)13-12-19(23)24)11-9-7-5-3-4-6-8-10-16(2)27-21(15)26/h14,16,18H,3-13H2,1-2H3,(H,23,24). The zero-order valence-electron chi connectivity index (χ0n) is 16.9. The number of carbonyl (C=O) groups is 4. The topological polar surface area (TPSA) is 107 Å². The molecule has 0 fully saturated rings. The molecule has 2 unspecified atom stereocenters. The van der Waals surface area contributed by atoms with E-state index in [2.05, 4.69) is 0 Å². The van der Waals surface area contributed by atoms with Crippen LogP contribution in [0.5, 0.6) is 0 Å². The van der Waals surface area contributed by atoms with E-state index in [9.17, 15) is 19.2 Å². The van der Waals surface area contributed by atoms with Crippen LogP contribution in [0.2, 0.25) is 0 Å².